The Hall–Kier alpha value is -2.17. The lowest BCUT2D eigenvalue weighted by Crippen LogP contribution is -2.11. The summed E-state index contributed by atoms with van der Waals surface area (Å²) in [6.07, 6.45) is 42.7. The molecule has 0 amide bonds. The van der Waals surface area contributed by atoms with E-state index < -0.39 is 0 Å². The number of unbranched alkanes of at least 4 members (excludes halogenated alkanes) is 27. The van der Waals surface area contributed by atoms with Gasteiger partial charge in [0, 0.05) is 17.7 Å². The van der Waals surface area contributed by atoms with Crippen LogP contribution in [0.25, 0.3) is 6.08 Å². The van der Waals surface area contributed by atoms with Gasteiger partial charge in [0.1, 0.15) is 5.75 Å². The zero-order chi connectivity index (χ0) is 39.2. The highest BCUT2D eigenvalue weighted by molar-refractivity contribution is 5.88. The van der Waals surface area contributed by atoms with Crippen molar-refractivity contribution >= 4 is 12.0 Å². The summed E-state index contributed by atoms with van der Waals surface area (Å²) >= 11 is 0. The second kappa shape index (κ2) is 37.7. The normalized spacial score (nSPS) is 12.0. The van der Waals surface area contributed by atoms with Crippen LogP contribution in [0.1, 0.15) is 239 Å². The summed E-state index contributed by atoms with van der Waals surface area (Å²) < 4.78 is 24.9. The molecule has 0 bridgehead atoms. The van der Waals surface area contributed by atoms with Gasteiger partial charge in [-0.1, -0.05) is 201 Å². The van der Waals surface area contributed by atoms with Crippen LogP contribution < -0.4 is 14.2 Å². The van der Waals surface area contributed by atoms with Gasteiger partial charge in [-0.05, 0) is 44.7 Å². The first-order valence-corrected chi connectivity index (χ1v) is 23.5. The average Bonchev–Trinajstić information content (AvgIpc) is 3.17. The number of hydrogen-bond acceptors (Lipinski definition) is 5. The van der Waals surface area contributed by atoms with Crippen molar-refractivity contribution < 1.29 is 23.7 Å². The zero-order valence-corrected chi connectivity index (χ0v) is 36.5. The van der Waals surface area contributed by atoms with Crippen LogP contribution in [0, 0.1) is 0 Å². The molecule has 5 heteroatoms. The highest BCUT2D eigenvalue weighted by Crippen LogP contribution is 2.38. The Morgan fingerprint density at radius 3 is 1.28 bits per heavy atom. The molecule has 0 aromatic heterocycles. The van der Waals surface area contributed by atoms with Crippen LogP contribution in [0.4, 0.5) is 0 Å². The lowest BCUT2D eigenvalue weighted by Gasteiger charge is -2.18. The van der Waals surface area contributed by atoms with Crippen LogP contribution in [-0.2, 0) is 9.53 Å². The topological polar surface area (TPSA) is 54.0 Å². The molecule has 0 radical (unpaired) electrons. The first-order chi connectivity index (χ1) is 26.5. The fourth-order valence-corrected chi connectivity index (χ4v) is 6.86. The van der Waals surface area contributed by atoms with Crippen LogP contribution in [0.2, 0.25) is 0 Å². The monoisotopic (exact) mass is 757 g/mol. The Bertz CT molecular complexity index is 1000. The third kappa shape index (κ3) is 29.2. The molecule has 0 heterocycles. The molecule has 0 aliphatic carbocycles. The predicted molar refractivity (Wildman–Crippen MR) is 233 cm³/mol. The highest BCUT2D eigenvalue weighted by atomic mass is 16.5. The zero-order valence-electron chi connectivity index (χ0n) is 36.5. The molecule has 314 valence electrons. The molecule has 1 aromatic rings. The molecule has 54 heavy (non-hydrogen) atoms. The van der Waals surface area contributed by atoms with Crippen molar-refractivity contribution in [1.29, 1.82) is 0 Å². The van der Waals surface area contributed by atoms with Crippen LogP contribution in [-0.4, -0.2) is 31.9 Å². The minimum Gasteiger partial charge on any atom is -0.493 e. The summed E-state index contributed by atoms with van der Waals surface area (Å²) in [5, 5.41) is 0. The Morgan fingerprint density at radius 1 is 0.500 bits per heavy atom. The number of hydrogen-bond donors (Lipinski definition) is 0. The maximum Gasteiger partial charge on any atom is 0.331 e. The fourth-order valence-electron chi connectivity index (χ4n) is 6.86. The molecule has 0 fully saturated rings. The van der Waals surface area contributed by atoms with Crippen molar-refractivity contribution in [2.75, 3.05) is 19.8 Å². The standard InChI is InChI=1S/C49H88O5/c1-6-10-13-16-19-22-25-28-31-34-39-51-46-42-45(37-38-48(50)54-44(5)9-4)49(53-41-36-33-30-27-24-21-18-15-12-8-3)47(43-46)52-40-35-32-29-26-23-20-17-14-11-7-2/h37-38,42-44H,6-36,39-41H2,1-5H3. The molecule has 0 aliphatic rings. The molecule has 0 spiro atoms. The molecule has 1 unspecified atom stereocenters. The van der Waals surface area contributed by atoms with Crippen LogP contribution >= 0.6 is 0 Å². The van der Waals surface area contributed by atoms with E-state index >= 15 is 0 Å². The second-order valence-electron chi connectivity index (χ2n) is 15.9. The van der Waals surface area contributed by atoms with Gasteiger partial charge in [-0.15, -0.1) is 0 Å². The minimum absolute atomic E-state index is 0.120. The summed E-state index contributed by atoms with van der Waals surface area (Å²) in [6, 6.07) is 4.01. The number of benzene rings is 1. The molecule has 1 atom stereocenters. The van der Waals surface area contributed by atoms with Gasteiger partial charge in [0.05, 0.1) is 25.9 Å². The van der Waals surface area contributed by atoms with Gasteiger partial charge in [0.15, 0.2) is 11.5 Å². The van der Waals surface area contributed by atoms with Crippen molar-refractivity contribution in [3.63, 3.8) is 0 Å². The van der Waals surface area contributed by atoms with Gasteiger partial charge in [-0.2, -0.15) is 0 Å². The Kier molecular flexibility index (Phi) is 34.8. The van der Waals surface area contributed by atoms with E-state index in [4.69, 9.17) is 18.9 Å². The number of carbonyl (C=O) groups is 1. The van der Waals surface area contributed by atoms with E-state index in [1.807, 2.05) is 32.1 Å². The van der Waals surface area contributed by atoms with E-state index in [0.717, 1.165) is 43.4 Å². The Morgan fingerprint density at radius 2 is 0.870 bits per heavy atom. The minimum atomic E-state index is -0.338. The summed E-state index contributed by atoms with van der Waals surface area (Å²) in [4.78, 5) is 12.7. The molecule has 0 N–H and O–H groups in total. The Balaban J connectivity index is 2.87. The van der Waals surface area contributed by atoms with Crippen molar-refractivity contribution in [3.8, 4) is 17.2 Å². The lowest BCUT2D eigenvalue weighted by molar-refractivity contribution is -0.142. The SMILES string of the molecule is CCCCCCCCCCCCOc1cc(C=CC(=O)OC(C)CC)c(OCCCCCCCCCCCC)c(OCCCCCCCCCCCC)c1. The van der Waals surface area contributed by atoms with Crippen LogP contribution in [0.5, 0.6) is 17.2 Å². The van der Waals surface area contributed by atoms with Gasteiger partial charge in [0.25, 0.3) is 0 Å². The second-order valence-corrected chi connectivity index (χ2v) is 15.9. The van der Waals surface area contributed by atoms with Gasteiger partial charge in [0.2, 0.25) is 0 Å². The van der Waals surface area contributed by atoms with E-state index in [0.29, 0.717) is 31.3 Å². The van der Waals surface area contributed by atoms with E-state index in [9.17, 15) is 4.79 Å². The van der Waals surface area contributed by atoms with Crippen molar-refractivity contribution in [2.24, 2.45) is 0 Å². The first-order valence-electron chi connectivity index (χ1n) is 23.5. The van der Waals surface area contributed by atoms with Gasteiger partial charge in [-0.25, -0.2) is 4.79 Å². The molecular weight excluding hydrogens is 669 g/mol. The number of rotatable bonds is 40. The summed E-state index contributed by atoms with van der Waals surface area (Å²) in [5.74, 6) is 1.85. The van der Waals surface area contributed by atoms with Crippen LogP contribution in [0.15, 0.2) is 18.2 Å². The Labute approximate surface area is 335 Å². The van der Waals surface area contributed by atoms with Gasteiger partial charge >= 0.3 is 5.97 Å². The third-order valence-corrected chi connectivity index (χ3v) is 10.6. The quantitative estimate of drug-likeness (QED) is 0.0379. The largest absolute Gasteiger partial charge is 0.493 e. The predicted octanol–water partition coefficient (Wildman–Crippen LogP) is 15.9. The van der Waals surface area contributed by atoms with Crippen molar-refractivity contribution in [3.05, 3.63) is 23.8 Å². The molecule has 1 aromatic carbocycles. The first kappa shape index (κ1) is 49.8. The molecular formula is C49H88O5. The molecule has 5 nitrogen and oxygen atoms in total. The highest BCUT2D eigenvalue weighted by Gasteiger charge is 2.15. The van der Waals surface area contributed by atoms with E-state index in [1.54, 1.807) is 0 Å². The van der Waals surface area contributed by atoms with Crippen molar-refractivity contribution in [2.45, 2.75) is 240 Å². The van der Waals surface area contributed by atoms with Gasteiger partial charge < -0.3 is 18.9 Å². The molecule has 0 aliphatic heterocycles. The lowest BCUT2D eigenvalue weighted by atomic mass is 10.1. The summed E-state index contributed by atoms with van der Waals surface area (Å²) in [5.41, 5.74) is 0.807. The maximum atomic E-state index is 12.7. The van der Waals surface area contributed by atoms with E-state index in [-0.39, 0.29) is 12.1 Å². The van der Waals surface area contributed by atoms with Crippen molar-refractivity contribution in [1.82, 2.24) is 0 Å². The smallest absolute Gasteiger partial charge is 0.331 e. The molecule has 1 rings (SSSR count). The molecule has 0 saturated heterocycles. The number of carbonyl (C=O) groups excluding carboxylic acids is 1. The van der Waals surface area contributed by atoms with E-state index in [1.165, 1.54) is 173 Å². The number of ether oxygens (including phenoxy) is 4. The summed E-state index contributed by atoms with van der Waals surface area (Å²) in [7, 11) is 0. The third-order valence-electron chi connectivity index (χ3n) is 10.6. The molecule has 0 saturated carbocycles. The maximum absolute atomic E-state index is 12.7. The fraction of sp³-hybridized carbons (Fsp3) is 0.816. The number of esters is 1. The van der Waals surface area contributed by atoms with Crippen LogP contribution in [0.3, 0.4) is 0 Å². The average molecular weight is 757 g/mol. The summed E-state index contributed by atoms with van der Waals surface area (Å²) in [6.45, 7) is 12.7. The van der Waals surface area contributed by atoms with E-state index in [2.05, 4.69) is 20.8 Å². The van der Waals surface area contributed by atoms with Gasteiger partial charge in [-0.3, -0.25) is 0 Å².